The number of hydrogen-bond acceptors (Lipinski definition) is 4. The Morgan fingerprint density at radius 2 is 1.96 bits per heavy atom. The molecule has 5 rings (SSSR count). The molecule has 0 spiro atoms. The van der Waals surface area contributed by atoms with Gasteiger partial charge in [-0.25, -0.2) is 4.98 Å². The summed E-state index contributed by atoms with van der Waals surface area (Å²) in [5.41, 5.74) is 1.82. The van der Waals surface area contributed by atoms with Crippen molar-refractivity contribution in [2.24, 2.45) is 22.9 Å². The number of likely N-dealkylation sites (tertiary alicyclic amines) is 1. The highest BCUT2D eigenvalue weighted by Crippen LogP contribution is 2.54. The van der Waals surface area contributed by atoms with E-state index < -0.39 is 0 Å². The first-order chi connectivity index (χ1) is 11.4. The molecule has 4 aliphatic rings. The van der Waals surface area contributed by atoms with Crippen LogP contribution >= 0.6 is 0 Å². The molecule has 0 radical (unpaired) electrons. The highest BCUT2D eigenvalue weighted by Gasteiger charge is 2.60. The molecule has 0 N–H and O–H groups in total. The van der Waals surface area contributed by atoms with Gasteiger partial charge in [-0.05, 0) is 45.4 Å². The van der Waals surface area contributed by atoms with E-state index in [1.54, 1.807) is 0 Å². The number of carbonyl (C=O) groups excluding carboxylic acids is 1. The van der Waals surface area contributed by atoms with Gasteiger partial charge in [-0.1, -0.05) is 5.16 Å². The zero-order valence-electron chi connectivity index (χ0n) is 14.5. The van der Waals surface area contributed by atoms with E-state index >= 15 is 0 Å². The molecule has 128 valence electrons. The zero-order valence-corrected chi connectivity index (χ0v) is 14.5. The van der Waals surface area contributed by atoms with Gasteiger partial charge < -0.3 is 14.3 Å². The van der Waals surface area contributed by atoms with Crippen LogP contribution in [0.3, 0.4) is 0 Å². The SMILES string of the molecule is CC1(C)CC([C@H]2[C@@H]3CN(C(=O)c4cn(C5(C)CC5)cn4)C[C@@H]32)=NO1. The van der Waals surface area contributed by atoms with Crippen molar-refractivity contribution >= 4 is 11.6 Å². The summed E-state index contributed by atoms with van der Waals surface area (Å²) in [6.07, 6.45) is 7.00. The van der Waals surface area contributed by atoms with Gasteiger partial charge in [-0.2, -0.15) is 0 Å². The molecule has 2 aliphatic heterocycles. The van der Waals surface area contributed by atoms with Gasteiger partial charge in [0.25, 0.3) is 5.91 Å². The van der Waals surface area contributed by atoms with Crippen molar-refractivity contribution in [3.05, 3.63) is 18.2 Å². The molecule has 1 aromatic rings. The lowest BCUT2D eigenvalue weighted by Gasteiger charge is -2.19. The van der Waals surface area contributed by atoms with Gasteiger partial charge in [0.15, 0.2) is 0 Å². The lowest BCUT2D eigenvalue weighted by molar-refractivity contribution is 0.0123. The summed E-state index contributed by atoms with van der Waals surface area (Å²) < 4.78 is 2.10. The smallest absolute Gasteiger partial charge is 0.274 e. The monoisotopic (exact) mass is 328 g/mol. The molecule has 1 amide bonds. The fourth-order valence-electron chi connectivity index (χ4n) is 4.38. The highest BCUT2D eigenvalue weighted by atomic mass is 16.7. The van der Waals surface area contributed by atoms with Crippen molar-refractivity contribution < 1.29 is 9.63 Å². The molecule has 1 saturated heterocycles. The van der Waals surface area contributed by atoms with E-state index in [0.717, 1.165) is 19.5 Å². The van der Waals surface area contributed by atoms with Crippen LogP contribution in [0.15, 0.2) is 17.7 Å². The molecule has 3 atom stereocenters. The van der Waals surface area contributed by atoms with Crippen LogP contribution in [0.5, 0.6) is 0 Å². The second-order valence-electron chi connectivity index (χ2n) is 8.84. The minimum Gasteiger partial charge on any atom is -0.389 e. The van der Waals surface area contributed by atoms with E-state index in [4.69, 9.17) is 4.84 Å². The summed E-state index contributed by atoms with van der Waals surface area (Å²) in [4.78, 5) is 24.5. The molecular weight excluding hydrogens is 304 g/mol. The van der Waals surface area contributed by atoms with Crippen LogP contribution < -0.4 is 0 Å². The Hall–Kier alpha value is -1.85. The quantitative estimate of drug-likeness (QED) is 0.855. The van der Waals surface area contributed by atoms with E-state index in [1.165, 1.54) is 18.6 Å². The molecule has 0 bridgehead atoms. The third-order valence-electron chi connectivity index (χ3n) is 6.28. The fraction of sp³-hybridized carbons (Fsp3) is 0.722. The molecule has 6 heteroatoms. The number of rotatable bonds is 3. The van der Waals surface area contributed by atoms with Crippen molar-refractivity contribution in [1.82, 2.24) is 14.5 Å². The molecule has 0 aromatic carbocycles. The number of nitrogens with zero attached hydrogens (tertiary/aromatic N) is 4. The molecule has 3 fully saturated rings. The second kappa shape index (κ2) is 4.41. The van der Waals surface area contributed by atoms with Gasteiger partial charge in [-0.3, -0.25) is 4.79 Å². The van der Waals surface area contributed by atoms with Gasteiger partial charge in [-0.15, -0.1) is 0 Å². The minimum absolute atomic E-state index is 0.0777. The molecule has 3 heterocycles. The van der Waals surface area contributed by atoms with Gasteiger partial charge in [0.2, 0.25) is 0 Å². The number of piperidine rings is 1. The van der Waals surface area contributed by atoms with Gasteiger partial charge in [0, 0.05) is 37.2 Å². The van der Waals surface area contributed by atoms with Crippen molar-refractivity contribution in [2.75, 3.05) is 13.1 Å². The number of fused-ring (bicyclic) bond motifs is 1. The fourth-order valence-corrected chi connectivity index (χ4v) is 4.38. The van der Waals surface area contributed by atoms with Crippen LogP contribution in [-0.2, 0) is 10.4 Å². The Kier molecular flexibility index (Phi) is 2.66. The lowest BCUT2D eigenvalue weighted by atomic mass is 9.98. The highest BCUT2D eigenvalue weighted by molar-refractivity contribution is 5.94. The number of aromatic nitrogens is 2. The van der Waals surface area contributed by atoms with E-state index in [2.05, 4.69) is 35.5 Å². The summed E-state index contributed by atoms with van der Waals surface area (Å²) >= 11 is 0. The summed E-state index contributed by atoms with van der Waals surface area (Å²) in [6.45, 7) is 8.03. The first-order valence-corrected chi connectivity index (χ1v) is 8.95. The first-order valence-electron chi connectivity index (χ1n) is 8.95. The summed E-state index contributed by atoms with van der Waals surface area (Å²) in [5.74, 6) is 1.73. The van der Waals surface area contributed by atoms with E-state index in [0.29, 0.717) is 23.4 Å². The maximum absolute atomic E-state index is 12.7. The second-order valence-corrected chi connectivity index (χ2v) is 8.84. The van der Waals surface area contributed by atoms with Crippen LogP contribution in [0.4, 0.5) is 0 Å². The first kappa shape index (κ1) is 14.5. The molecule has 6 nitrogen and oxygen atoms in total. The zero-order chi connectivity index (χ0) is 16.7. The van der Waals surface area contributed by atoms with Crippen molar-refractivity contribution in [2.45, 2.75) is 51.2 Å². The van der Waals surface area contributed by atoms with Crippen molar-refractivity contribution in [3.8, 4) is 0 Å². The van der Waals surface area contributed by atoms with Crippen LogP contribution in [0, 0.1) is 17.8 Å². The van der Waals surface area contributed by atoms with Crippen molar-refractivity contribution in [3.63, 3.8) is 0 Å². The molecular formula is C18H24N4O2. The normalized spacial score (nSPS) is 34.5. The van der Waals surface area contributed by atoms with E-state index in [1.807, 2.05) is 17.4 Å². The summed E-state index contributed by atoms with van der Waals surface area (Å²) in [7, 11) is 0. The third kappa shape index (κ3) is 2.11. The number of oxime groups is 1. The predicted octanol–water partition coefficient (Wildman–Crippen LogP) is 2.27. The summed E-state index contributed by atoms with van der Waals surface area (Å²) in [5, 5.41) is 4.30. The molecule has 2 saturated carbocycles. The molecule has 1 aromatic heterocycles. The Morgan fingerprint density at radius 1 is 1.25 bits per heavy atom. The average Bonchev–Trinajstić information content (AvgIpc) is 3.19. The van der Waals surface area contributed by atoms with E-state index in [9.17, 15) is 4.79 Å². The molecule has 24 heavy (non-hydrogen) atoms. The van der Waals surface area contributed by atoms with Crippen molar-refractivity contribution in [1.29, 1.82) is 0 Å². The van der Waals surface area contributed by atoms with Crippen LogP contribution in [0.1, 0.15) is 50.5 Å². The third-order valence-corrected chi connectivity index (χ3v) is 6.28. The minimum atomic E-state index is -0.159. The number of amides is 1. The Morgan fingerprint density at radius 3 is 2.54 bits per heavy atom. The van der Waals surface area contributed by atoms with Gasteiger partial charge in [0.05, 0.1) is 12.0 Å². The maximum atomic E-state index is 12.7. The topological polar surface area (TPSA) is 59.7 Å². The number of hydrogen-bond donors (Lipinski definition) is 0. The van der Waals surface area contributed by atoms with Crippen LogP contribution in [0.2, 0.25) is 0 Å². The maximum Gasteiger partial charge on any atom is 0.274 e. The Labute approximate surface area is 141 Å². The Bertz CT molecular complexity index is 734. The van der Waals surface area contributed by atoms with Crippen LogP contribution in [0.25, 0.3) is 0 Å². The van der Waals surface area contributed by atoms with Gasteiger partial charge in [0.1, 0.15) is 11.3 Å². The number of imidazole rings is 1. The molecule has 0 unspecified atom stereocenters. The predicted molar refractivity (Wildman–Crippen MR) is 88.7 cm³/mol. The summed E-state index contributed by atoms with van der Waals surface area (Å²) in [6, 6.07) is 0. The molecule has 2 aliphatic carbocycles. The Balaban J connectivity index is 1.23. The number of carbonyl (C=O) groups is 1. The standard InChI is InChI=1S/C18H24N4O2/c1-17(2)6-13(20-24-17)15-11-7-21(8-12(11)15)16(23)14-9-22(10-19-14)18(3)4-5-18/h9-12,15H,4-8H2,1-3H3/t11-,12+,15+. The van der Waals surface area contributed by atoms with Gasteiger partial charge >= 0.3 is 0 Å². The average molecular weight is 328 g/mol. The van der Waals surface area contributed by atoms with E-state index in [-0.39, 0.29) is 17.0 Å². The largest absolute Gasteiger partial charge is 0.389 e. The lowest BCUT2D eigenvalue weighted by Crippen LogP contribution is -2.33. The van der Waals surface area contributed by atoms with Crippen LogP contribution in [-0.4, -0.2) is 44.8 Å².